The molecular formula is C25H30N6O3. The summed E-state index contributed by atoms with van der Waals surface area (Å²) in [6.45, 7) is 7.77. The molecule has 4 heterocycles. The maximum absolute atomic E-state index is 12.3. The zero-order valence-electron chi connectivity index (χ0n) is 20.0. The molecule has 4 rings (SSSR count). The summed E-state index contributed by atoms with van der Waals surface area (Å²) in [5, 5.41) is 17.0. The van der Waals surface area contributed by atoms with Crippen molar-refractivity contribution in [2.45, 2.75) is 39.3 Å². The minimum atomic E-state index is -0.106. The minimum Gasteiger partial charge on any atom is -0.492 e. The summed E-state index contributed by atoms with van der Waals surface area (Å²) in [6, 6.07) is 7.96. The van der Waals surface area contributed by atoms with Crippen LogP contribution in [-0.4, -0.2) is 59.5 Å². The van der Waals surface area contributed by atoms with Gasteiger partial charge in [0.25, 0.3) is 0 Å². The van der Waals surface area contributed by atoms with Gasteiger partial charge in [-0.15, -0.1) is 0 Å². The number of fused-ring (bicyclic) bond motifs is 1. The molecule has 2 atom stereocenters. The summed E-state index contributed by atoms with van der Waals surface area (Å²) in [7, 11) is 1.67. The van der Waals surface area contributed by atoms with Crippen LogP contribution in [0, 0.1) is 17.2 Å². The normalized spacial score (nSPS) is 17.8. The average molecular weight is 463 g/mol. The van der Waals surface area contributed by atoms with Crippen LogP contribution in [0.1, 0.15) is 32.8 Å². The topological polar surface area (TPSA) is 105 Å². The molecule has 1 amide bonds. The summed E-state index contributed by atoms with van der Waals surface area (Å²) in [6.07, 6.45) is 5.51. The van der Waals surface area contributed by atoms with Crippen LogP contribution in [0.15, 0.2) is 36.8 Å². The highest BCUT2D eigenvalue weighted by Crippen LogP contribution is 2.31. The third kappa shape index (κ3) is 4.82. The summed E-state index contributed by atoms with van der Waals surface area (Å²) in [5.74, 6) is 1.82. The first-order chi connectivity index (χ1) is 16.4. The van der Waals surface area contributed by atoms with Crippen molar-refractivity contribution < 1.29 is 14.3 Å². The lowest BCUT2D eigenvalue weighted by atomic mass is 10.1. The van der Waals surface area contributed by atoms with E-state index in [-0.39, 0.29) is 18.1 Å². The van der Waals surface area contributed by atoms with Crippen molar-refractivity contribution in [1.82, 2.24) is 19.9 Å². The molecular weight excluding hydrogens is 432 g/mol. The van der Waals surface area contributed by atoms with Gasteiger partial charge in [0.15, 0.2) is 0 Å². The number of nitrogens with one attached hydrogen (secondary N) is 1. The number of pyridine rings is 2. The Morgan fingerprint density at radius 3 is 2.79 bits per heavy atom. The Balaban J connectivity index is 1.58. The Labute approximate surface area is 199 Å². The van der Waals surface area contributed by atoms with Gasteiger partial charge in [-0.1, -0.05) is 13.8 Å². The number of rotatable bonds is 8. The molecule has 0 aliphatic carbocycles. The van der Waals surface area contributed by atoms with Crippen molar-refractivity contribution in [3.63, 3.8) is 0 Å². The van der Waals surface area contributed by atoms with Gasteiger partial charge in [0, 0.05) is 43.9 Å². The summed E-state index contributed by atoms with van der Waals surface area (Å²) in [4.78, 5) is 19.1. The molecule has 0 saturated carbocycles. The van der Waals surface area contributed by atoms with E-state index < -0.39 is 0 Å². The van der Waals surface area contributed by atoms with Crippen LogP contribution in [0.5, 0.6) is 5.75 Å². The van der Waals surface area contributed by atoms with Crippen LogP contribution >= 0.6 is 0 Å². The lowest BCUT2D eigenvalue weighted by Crippen LogP contribution is -2.43. The second-order valence-corrected chi connectivity index (χ2v) is 8.84. The Hall–Kier alpha value is -3.64. The largest absolute Gasteiger partial charge is 0.492 e. The molecule has 0 spiro atoms. The molecule has 1 fully saturated rings. The van der Waals surface area contributed by atoms with E-state index in [1.807, 2.05) is 39.0 Å². The number of ether oxygens (including phenoxy) is 2. The number of anilines is 1. The van der Waals surface area contributed by atoms with Gasteiger partial charge in [0.1, 0.15) is 17.6 Å². The van der Waals surface area contributed by atoms with Crippen LogP contribution in [0.2, 0.25) is 0 Å². The van der Waals surface area contributed by atoms with E-state index in [0.29, 0.717) is 48.9 Å². The average Bonchev–Trinajstić information content (AvgIpc) is 3.42. The molecule has 1 N–H and O–H groups in total. The maximum atomic E-state index is 12.3. The molecule has 178 valence electrons. The second kappa shape index (κ2) is 10.1. The molecule has 1 saturated heterocycles. The van der Waals surface area contributed by atoms with E-state index in [1.54, 1.807) is 30.2 Å². The molecule has 1 aliphatic heterocycles. The molecule has 0 bridgehead atoms. The SMILES string of the molecule is CCOc1cc(-c2ccc(N3C[C@H](NC(=O)CC(C)C)[C@@H](OC)C3)nc2)c2c(C#N)cnn2c1. The number of hydrogen-bond donors (Lipinski definition) is 1. The van der Waals surface area contributed by atoms with E-state index in [4.69, 9.17) is 14.5 Å². The fourth-order valence-electron chi connectivity index (χ4n) is 4.35. The van der Waals surface area contributed by atoms with Crippen LogP contribution in [-0.2, 0) is 9.53 Å². The van der Waals surface area contributed by atoms with Crippen molar-refractivity contribution in [2.75, 3.05) is 31.7 Å². The molecule has 0 aromatic carbocycles. The Bertz CT molecular complexity index is 1200. The van der Waals surface area contributed by atoms with E-state index in [0.717, 1.165) is 16.9 Å². The number of aromatic nitrogens is 3. The summed E-state index contributed by atoms with van der Waals surface area (Å²) >= 11 is 0. The third-order valence-electron chi connectivity index (χ3n) is 5.91. The van der Waals surface area contributed by atoms with E-state index in [1.165, 1.54) is 0 Å². The fraction of sp³-hybridized carbons (Fsp3) is 0.440. The number of carbonyl (C=O) groups excluding carboxylic acids is 1. The van der Waals surface area contributed by atoms with Crippen LogP contribution in [0.25, 0.3) is 16.6 Å². The number of amides is 1. The van der Waals surface area contributed by atoms with Gasteiger partial charge in [0.05, 0.1) is 42.2 Å². The van der Waals surface area contributed by atoms with Crippen molar-refractivity contribution in [3.8, 4) is 22.9 Å². The predicted octanol–water partition coefficient (Wildman–Crippen LogP) is 3.03. The van der Waals surface area contributed by atoms with Gasteiger partial charge in [-0.05, 0) is 31.0 Å². The highest BCUT2D eigenvalue weighted by molar-refractivity contribution is 5.85. The van der Waals surface area contributed by atoms with E-state index in [9.17, 15) is 10.1 Å². The van der Waals surface area contributed by atoms with Crippen molar-refractivity contribution >= 4 is 17.2 Å². The second-order valence-electron chi connectivity index (χ2n) is 8.84. The molecule has 0 unspecified atom stereocenters. The summed E-state index contributed by atoms with van der Waals surface area (Å²) in [5.41, 5.74) is 2.89. The molecule has 3 aromatic rings. The summed E-state index contributed by atoms with van der Waals surface area (Å²) < 4.78 is 13.0. The Kier molecular flexibility index (Phi) is 6.98. The molecule has 3 aromatic heterocycles. The quantitative estimate of drug-likeness (QED) is 0.549. The van der Waals surface area contributed by atoms with Crippen molar-refractivity contribution in [2.24, 2.45) is 5.92 Å². The smallest absolute Gasteiger partial charge is 0.220 e. The first kappa shape index (κ1) is 23.5. The van der Waals surface area contributed by atoms with Crippen LogP contribution in [0.3, 0.4) is 0 Å². The van der Waals surface area contributed by atoms with Crippen LogP contribution in [0.4, 0.5) is 5.82 Å². The first-order valence-corrected chi connectivity index (χ1v) is 11.5. The van der Waals surface area contributed by atoms with E-state index >= 15 is 0 Å². The highest BCUT2D eigenvalue weighted by atomic mass is 16.5. The number of nitrogens with zero attached hydrogens (tertiary/aromatic N) is 5. The maximum Gasteiger partial charge on any atom is 0.220 e. The monoisotopic (exact) mass is 462 g/mol. The van der Waals surface area contributed by atoms with Gasteiger partial charge in [-0.3, -0.25) is 4.79 Å². The van der Waals surface area contributed by atoms with Gasteiger partial charge < -0.3 is 19.7 Å². The standard InChI is InChI=1S/C25H30N6O3/c1-5-34-19-9-20(25-18(10-26)12-28-31(25)13-19)17-6-7-23(27-11-17)30-14-21(22(15-30)33-4)29-24(32)8-16(2)3/h6-7,9,11-13,16,21-22H,5,8,14-15H2,1-4H3,(H,29,32)/t21-,22-/m0/s1. The van der Waals surface area contributed by atoms with Crippen LogP contribution < -0.4 is 15.0 Å². The lowest BCUT2D eigenvalue weighted by Gasteiger charge is -2.19. The van der Waals surface area contributed by atoms with Gasteiger partial charge in [0.2, 0.25) is 5.91 Å². The van der Waals surface area contributed by atoms with E-state index in [2.05, 4.69) is 21.4 Å². The number of hydrogen-bond acceptors (Lipinski definition) is 7. The zero-order chi connectivity index (χ0) is 24.2. The Morgan fingerprint density at radius 2 is 2.15 bits per heavy atom. The number of methoxy groups -OCH3 is 1. The van der Waals surface area contributed by atoms with Crippen molar-refractivity contribution in [3.05, 3.63) is 42.4 Å². The number of nitriles is 1. The lowest BCUT2D eigenvalue weighted by molar-refractivity contribution is -0.123. The predicted molar refractivity (Wildman–Crippen MR) is 129 cm³/mol. The van der Waals surface area contributed by atoms with Gasteiger partial charge in [-0.2, -0.15) is 10.4 Å². The fourth-order valence-corrected chi connectivity index (χ4v) is 4.35. The molecule has 34 heavy (non-hydrogen) atoms. The highest BCUT2D eigenvalue weighted by Gasteiger charge is 2.34. The molecule has 0 radical (unpaired) electrons. The molecule has 9 nitrogen and oxygen atoms in total. The zero-order valence-corrected chi connectivity index (χ0v) is 20.0. The molecule has 9 heteroatoms. The number of carbonyl (C=O) groups is 1. The van der Waals surface area contributed by atoms with Gasteiger partial charge in [-0.25, -0.2) is 9.50 Å². The Morgan fingerprint density at radius 1 is 1.32 bits per heavy atom. The van der Waals surface area contributed by atoms with Gasteiger partial charge >= 0.3 is 0 Å². The molecule has 1 aliphatic rings. The third-order valence-corrected chi connectivity index (χ3v) is 5.91. The first-order valence-electron chi connectivity index (χ1n) is 11.5. The van der Waals surface area contributed by atoms with Crippen molar-refractivity contribution in [1.29, 1.82) is 5.26 Å². The minimum absolute atomic E-state index is 0.0412.